The Morgan fingerprint density at radius 2 is 1.64 bits per heavy atom. The van der Waals surface area contributed by atoms with E-state index < -0.39 is 7.14 Å². The molecule has 240 valence electrons. The summed E-state index contributed by atoms with van der Waals surface area (Å²) >= 11 is 0. The zero-order valence-corrected chi connectivity index (χ0v) is 29.0. The molecule has 2 aliphatic rings. The second kappa shape index (κ2) is 15.3. The molecule has 8 nitrogen and oxygen atoms in total. The summed E-state index contributed by atoms with van der Waals surface area (Å²) in [5.74, 6) is 1.55. The van der Waals surface area contributed by atoms with Gasteiger partial charge in [-0.3, -0.25) is 4.90 Å². The number of ether oxygens (including phenoxy) is 1. The molecule has 0 aliphatic carbocycles. The van der Waals surface area contributed by atoms with Gasteiger partial charge in [-0.1, -0.05) is 6.92 Å². The van der Waals surface area contributed by atoms with Gasteiger partial charge in [0.25, 0.3) is 0 Å². The van der Waals surface area contributed by atoms with Gasteiger partial charge in [-0.05, 0) is 102 Å². The molecule has 0 aromatic heterocycles. The van der Waals surface area contributed by atoms with Crippen molar-refractivity contribution in [3.8, 4) is 5.75 Å². The molecule has 0 amide bonds. The SMILES string of the molecule is CC/C(C)=C(/C=C(\N=C(C)C)Nc1ccc(P(C)(C)=O)cc1)Nc1ccc(N2CCC(N3CCN(C)CC3)CC2)cc1OC. The van der Waals surface area contributed by atoms with Gasteiger partial charge in [-0.15, -0.1) is 0 Å². The molecule has 2 heterocycles. The maximum Gasteiger partial charge on any atom is 0.144 e. The molecule has 4 rings (SSSR count). The Bertz CT molecular complexity index is 1390. The smallest absolute Gasteiger partial charge is 0.144 e. The topological polar surface area (TPSA) is 72.4 Å². The van der Waals surface area contributed by atoms with E-state index in [0.717, 1.165) is 59.2 Å². The zero-order valence-electron chi connectivity index (χ0n) is 28.1. The maximum absolute atomic E-state index is 12.5. The number of nitrogens with zero attached hydrogens (tertiary/aromatic N) is 4. The normalized spacial score (nSPS) is 18.1. The van der Waals surface area contributed by atoms with Gasteiger partial charge < -0.3 is 29.7 Å². The number of hydrogen-bond acceptors (Lipinski definition) is 8. The lowest BCUT2D eigenvalue weighted by molar-refractivity contribution is 0.0982. The molecule has 2 aliphatic heterocycles. The van der Waals surface area contributed by atoms with Crippen molar-refractivity contribution in [2.24, 2.45) is 4.99 Å². The average molecular weight is 621 g/mol. The van der Waals surface area contributed by atoms with Gasteiger partial charge in [0.15, 0.2) is 0 Å². The molecular formula is C35H53N6O2P. The van der Waals surface area contributed by atoms with Crippen LogP contribution in [0.25, 0.3) is 0 Å². The maximum atomic E-state index is 12.5. The highest BCUT2D eigenvalue weighted by atomic mass is 31.2. The lowest BCUT2D eigenvalue weighted by Gasteiger charge is -2.42. The van der Waals surface area contributed by atoms with E-state index in [4.69, 9.17) is 9.73 Å². The van der Waals surface area contributed by atoms with Crippen molar-refractivity contribution < 1.29 is 9.30 Å². The summed E-state index contributed by atoms with van der Waals surface area (Å²) in [4.78, 5) is 12.4. The summed E-state index contributed by atoms with van der Waals surface area (Å²) in [6, 6.07) is 15.0. The third kappa shape index (κ3) is 9.23. The van der Waals surface area contributed by atoms with Gasteiger partial charge in [0.05, 0.1) is 12.8 Å². The number of rotatable bonds is 11. The van der Waals surface area contributed by atoms with Crippen molar-refractivity contribution >= 4 is 35.2 Å². The lowest BCUT2D eigenvalue weighted by atomic mass is 10.0. The molecule has 0 bridgehead atoms. The molecule has 2 saturated heterocycles. The van der Waals surface area contributed by atoms with E-state index in [-0.39, 0.29) is 0 Å². The number of nitrogens with one attached hydrogen (secondary N) is 2. The molecule has 2 aromatic rings. The van der Waals surface area contributed by atoms with E-state index in [0.29, 0.717) is 6.04 Å². The Morgan fingerprint density at radius 3 is 2.20 bits per heavy atom. The number of likely N-dealkylation sites (N-methyl/N-ethyl adjacent to an activating group) is 1. The fourth-order valence-corrected chi connectivity index (χ4v) is 6.65. The second-order valence-electron chi connectivity index (χ2n) is 12.7. The number of anilines is 3. The number of benzene rings is 2. The summed E-state index contributed by atoms with van der Waals surface area (Å²) in [6.45, 7) is 18.7. The molecule has 44 heavy (non-hydrogen) atoms. The van der Waals surface area contributed by atoms with E-state index in [9.17, 15) is 4.57 Å². The Labute approximate surface area is 265 Å². The van der Waals surface area contributed by atoms with Gasteiger partial charge in [0.1, 0.15) is 18.7 Å². The molecule has 0 radical (unpaired) electrons. The molecule has 0 atom stereocenters. The quantitative estimate of drug-likeness (QED) is 0.165. The third-order valence-corrected chi connectivity index (χ3v) is 10.3. The Hall–Kier alpha value is -3.06. The van der Waals surface area contributed by atoms with Crippen LogP contribution in [0.5, 0.6) is 5.75 Å². The molecule has 9 heteroatoms. The monoisotopic (exact) mass is 620 g/mol. The van der Waals surface area contributed by atoms with E-state index in [1.54, 1.807) is 20.4 Å². The predicted molar refractivity (Wildman–Crippen MR) is 190 cm³/mol. The standard InChI is InChI=1S/C35H53N6O2P/c1-9-27(4)33(25-35(36-26(2)3)37-28-10-13-31(14-11-28)44(7,8)42)38-32-15-12-30(24-34(32)43-6)40-18-16-29(17-19-40)41-22-20-39(5)21-23-41/h10-15,24-25,29,37-38H,9,16-23H2,1-8H3/b33-27-,35-25+. The van der Waals surface area contributed by atoms with Crippen molar-refractivity contribution in [3.05, 3.63) is 65.6 Å². The van der Waals surface area contributed by atoms with Crippen LogP contribution in [0, 0.1) is 0 Å². The minimum absolute atomic E-state index is 0.689. The van der Waals surface area contributed by atoms with Gasteiger partial charge in [0, 0.05) is 85.5 Å². The molecule has 0 saturated carbocycles. The van der Waals surface area contributed by atoms with Crippen LogP contribution in [0.1, 0.15) is 47.0 Å². The van der Waals surface area contributed by atoms with E-state index in [1.165, 1.54) is 50.3 Å². The predicted octanol–water partition coefficient (Wildman–Crippen LogP) is 6.69. The summed E-state index contributed by atoms with van der Waals surface area (Å²) in [5.41, 5.74) is 6.15. The van der Waals surface area contributed by atoms with Crippen molar-refractivity contribution in [1.29, 1.82) is 0 Å². The largest absolute Gasteiger partial charge is 0.494 e. The van der Waals surface area contributed by atoms with Crippen LogP contribution in [0.4, 0.5) is 17.1 Å². The molecule has 0 spiro atoms. The van der Waals surface area contributed by atoms with Crippen LogP contribution < -0.4 is 25.6 Å². The number of piperidine rings is 1. The molecular weight excluding hydrogens is 567 g/mol. The highest BCUT2D eigenvalue weighted by Gasteiger charge is 2.27. The van der Waals surface area contributed by atoms with Crippen LogP contribution in [0.3, 0.4) is 0 Å². The van der Waals surface area contributed by atoms with Gasteiger partial charge >= 0.3 is 0 Å². The first-order valence-electron chi connectivity index (χ1n) is 16.0. The van der Waals surface area contributed by atoms with Crippen LogP contribution >= 0.6 is 7.14 Å². The van der Waals surface area contributed by atoms with Crippen molar-refractivity contribution in [3.63, 3.8) is 0 Å². The summed E-state index contributed by atoms with van der Waals surface area (Å²) < 4.78 is 18.4. The van der Waals surface area contributed by atoms with Crippen LogP contribution in [-0.4, -0.2) is 88.3 Å². The summed E-state index contributed by atoms with van der Waals surface area (Å²) in [5, 5.41) is 7.98. The minimum atomic E-state index is -2.31. The Kier molecular flexibility index (Phi) is 11.8. The van der Waals surface area contributed by atoms with Gasteiger partial charge in [0.2, 0.25) is 0 Å². The number of methoxy groups -OCH3 is 1. The first-order valence-corrected chi connectivity index (χ1v) is 18.6. The first kappa shape index (κ1) is 33.8. The molecule has 2 N–H and O–H groups in total. The fraction of sp³-hybridized carbons (Fsp3) is 0.514. The van der Waals surface area contributed by atoms with Crippen molar-refractivity contribution in [2.45, 2.75) is 53.0 Å². The highest BCUT2D eigenvalue weighted by Crippen LogP contribution is 2.35. The number of hydrogen-bond donors (Lipinski definition) is 2. The van der Waals surface area contributed by atoms with Gasteiger partial charge in [-0.2, -0.15) is 0 Å². The van der Waals surface area contributed by atoms with E-state index >= 15 is 0 Å². The van der Waals surface area contributed by atoms with E-state index in [2.05, 4.69) is 70.5 Å². The third-order valence-electron chi connectivity index (χ3n) is 8.72. The Balaban J connectivity index is 1.51. The molecule has 2 aromatic carbocycles. The highest BCUT2D eigenvalue weighted by molar-refractivity contribution is 7.70. The van der Waals surface area contributed by atoms with Crippen molar-refractivity contribution in [1.82, 2.24) is 9.80 Å². The number of piperazine rings is 1. The van der Waals surface area contributed by atoms with Crippen LogP contribution in [0.2, 0.25) is 0 Å². The Morgan fingerprint density at radius 1 is 0.977 bits per heavy atom. The first-order chi connectivity index (χ1) is 21.0. The molecule has 2 fully saturated rings. The number of aliphatic imine (C=N–C) groups is 1. The fourth-order valence-electron chi connectivity index (χ4n) is 5.78. The average Bonchev–Trinajstić information content (AvgIpc) is 3.00. The van der Waals surface area contributed by atoms with Crippen LogP contribution in [-0.2, 0) is 4.57 Å². The summed E-state index contributed by atoms with van der Waals surface area (Å²) in [7, 11) is 1.65. The molecule has 0 unspecified atom stereocenters. The van der Waals surface area contributed by atoms with Crippen LogP contribution in [0.15, 0.2) is 70.6 Å². The van der Waals surface area contributed by atoms with Crippen molar-refractivity contribution in [2.75, 3.05) is 82.3 Å². The lowest BCUT2D eigenvalue weighted by Crippen LogP contribution is -2.52. The second-order valence-corrected chi connectivity index (χ2v) is 15.9. The van der Waals surface area contributed by atoms with E-state index in [1.807, 2.05) is 38.1 Å². The minimum Gasteiger partial charge on any atom is -0.494 e. The number of allylic oxidation sites excluding steroid dienone is 2. The summed E-state index contributed by atoms with van der Waals surface area (Å²) in [6.07, 6.45) is 5.35. The van der Waals surface area contributed by atoms with Gasteiger partial charge in [-0.25, -0.2) is 4.99 Å². The zero-order chi connectivity index (χ0) is 31.9.